The van der Waals surface area contributed by atoms with Crippen molar-refractivity contribution in [3.8, 4) is 11.1 Å². The van der Waals surface area contributed by atoms with E-state index in [0.717, 1.165) is 35.6 Å². The van der Waals surface area contributed by atoms with Crippen LogP contribution in [0.2, 0.25) is 0 Å². The third kappa shape index (κ3) is 2.52. The molecule has 0 unspecified atom stereocenters. The Morgan fingerprint density at radius 3 is 2.65 bits per heavy atom. The van der Waals surface area contributed by atoms with Crippen LogP contribution in [-0.2, 0) is 20.1 Å². The van der Waals surface area contributed by atoms with Crippen LogP contribution in [-0.4, -0.2) is 19.7 Å². The van der Waals surface area contributed by atoms with E-state index in [1.807, 2.05) is 25.6 Å². The van der Waals surface area contributed by atoms with E-state index in [-0.39, 0.29) is 0 Å². The third-order valence-electron chi connectivity index (χ3n) is 4.29. The summed E-state index contributed by atoms with van der Waals surface area (Å²) in [5.74, 6) is 0. The first-order valence-electron chi connectivity index (χ1n) is 7.67. The number of pyridine rings is 1. The van der Waals surface area contributed by atoms with Crippen molar-refractivity contribution >= 4 is 5.70 Å². The molecule has 23 heavy (non-hydrogen) atoms. The van der Waals surface area contributed by atoms with E-state index in [2.05, 4.69) is 58.0 Å². The van der Waals surface area contributed by atoms with Crippen LogP contribution in [0.4, 0.5) is 0 Å². The Labute approximate surface area is 135 Å². The van der Waals surface area contributed by atoms with Gasteiger partial charge in [-0.15, -0.1) is 0 Å². The lowest BCUT2D eigenvalue weighted by Gasteiger charge is -2.18. The molecule has 0 aliphatic carbocycles. The van der Waals surface area contributed by atoms with Crippen molar-refractivity contribution in [2.24, 2.45) is 7.05 Å². The maximum absolute atomic E-state index is 4.61. The summed E-state index contributed by atoms with van der Waals surface area (Å²) in [7, 11) is 1.92. The number of hydrogen-bond donors (Lipinski definition) is 0. The summed E-state index contributed by atoms with van der Waals surface area (Å²) >= 11 is 0. The van der Waals surface area contributed by atoms with Crippen LogP contribution in [0.5, 0.6) is 0 Å². The van der Waals surface area contributed by atoms with Gasteiger partial charge in [0.15, 0.2) is 0 Å². The van der Waals surface area contributed by atoms with Crippen LogP contribution in [0.3, 0.4) is 0 Å². The van der Waals surface area contributed by atoms with E-state index in [4.69, 9.17) is 0 Å². The van der Waals surface area contributed by atoms with E-state index in [0.29, 0.717) is 0 Å². The first kappa shape index (κ1) is 13.8. The minimum atomic E-state index is 0.779. The molecule has 1 aromatic carbocycles. The second-order valence-corrected chi connectivity index (χ2v) is 5.90. The van der Waals surface area contributed by atoms with E-state index in [1.54, 1.807) is 4.68 Å². The fourth-order valence-corrected chi connectivity index (χ4v) is 3.02. The van der Waals surface area contributed by atoms with Gasteiger partial charge in [0.1, 0.15) is 0 Å². The van der Waals surface area contributed by atoms with Crippen LogP contribution in [0.25, 0.3) is 16.8 Å². The second-order valence-electron chi connectivity index (χ2n) is 5.90. The number of fused-ring (bicyclic) bond motifs is 1. The minimum Gasteiger partial charge on any atom is -0.361 e. The molecule has 0 bridgehead atoms. The van der Waals surface area contributed by atoms with Gasteiger partial charge < -0.3 is 4.90 Å². The maximum atomic E-state index is 4.61. The molecule has 1 aliphatic heterocycles. The van der Waals surface area contributed by atoms with Gasteiger partial charge in [0.25, 0.3) is 0 Å². The lowest BCUT2D eigenvalue weighted by molar-refractivity contribution is 0.399. The molecular weight excluding hydrogens is 284 g/mol. The zero-order valence-electron chi connectivity index (χ0n) is 13.1. The van der Waals surface area contributed by atoms with E-state index in [9.17, 15) is 0 Å². The predicted molar refractivity (Wildman–Crippen MR) is 91.2 cm³/mol. The van der Waals surface area contributed by atoms with Crippen molar-refractivity contribution < 1.29 is 0 Å². The third-order valence-corrected chi connectivity index (χ3v) is 4.29. The molecule has 4 rings (SSSR count). The summed E-state index contributed by atoms with van der Waals surface area (Å²) in [6, 6.07) is 12.6. The maximum Gasteiger partial charge on any atom is 0.0605 e. The van der Waals surface area contributed by atoms with Crippen molar-refractivity contribution in [1.82, 2.24) is 19.7 Å². The van der Waals surface area contributed by atoms with Gasteiger partial charge >= 0.3 is 0 Å². The highest BCUT2D eigenvalue weighted by molar-refractivity contribution is 5.69. The minimum absolute atomic E-state index is 0.779. The zero-order chi connectivity index (χ0) is 15.8. The lowest BCUT2D eigenvalue weighted by Crippen LogP contribution is -2.15. The van der Waals surface area contributed by atoms with Gasteiger partial charge in [-0.3, -0.25) is 9.67 Å². The van der Waals surface area contributed by atoms with E-state index in [1.165, 1.54) is 11.1 Å². The van der Waals surface area contributed by atoms with Gasteiger partial charge in [0, 0.05) is 48.4 Å². The Morgan fingerprint density at radius 1 is 1.09 bits per heavy atom. The van der Waals surface area contributed by atoms with Crippen LogP contribution in [0, 0.1) is 0 Å². The monoisotopic (exact) mass is 302 g/mol. The Bertz CT molecular complexity index is 861. The van der Waals surface area contributed by atoms with Gasteiger partial charge in [-0.25, -0.2) is 0 Å². The fraction of sp³-hybridized carbons (Fsp3) is 0.158. The summed E-state index contributed by atoms with van der Waals surface area (Å²) < 4.78 is 1.80. The molecule has 0 amide bonds. The summed E-state index contributed by atoms with van der Waals surface area (Å²) in [5.41, 5.74) is 6.89. The normalized spacial score (nSPS) is 13.4. The molecule has 3 aromatic rings. The van der Waals surface area contributed by atoms with Gasteiger partial charge in [0.05, 0.1) is 18.4 Å². The van der Waals surface area contributed by atoms with Gasteiger partial charge in [-0.1, -0.05) is 36.9 Å². The standard InChI is InChI=1S/C19H18N4/c1-14-19-6-4-3-5-16(19)12-23(14)13-18-8-7-15(9-20-18)17-10-21-22(2)11-17/h3-11H,1,12-13H2,2H3. The topological polar surface area (TPSA) is 34.0 Å². The molecule has 4 heteroatoms. The Balaban J connectivity index is 1.51. The molecule has 114 valence electrons. The van der Waals surface area contributed by atoms with Crippen molar-refractivity contribution in [2.75, 3.05) is 0 Å². The van der Waals surface area contributed by atoms with Crippen molar-refractivity contribution in [3.63, 3.8) is 0 Å². The van der Waals surface area contributed by atoms with Crippen LogP contribution in [0.1, 0.15) is 16.8 Å². The summed E-state index contributed by atoms with van der Waals surface area (Å²) in [5, 5.41) is 4.20. The molecule has 0 saturated carbocycles. The number of rotatable bonds is 3. The van der Waals surface area contributed by atoms with Crippen LogP contribution < -0.4 is 0 Å². The highest BCUT2D eigenvalue weighted by Gasteiger charge is 2.21. The fourth-order valence-electron chi connectivity index (χ4n) is 3.02. The van der Waals surface area contributed by atoms with Gasteiger partial charge in [-0.2, -0.15) is 5.10 Å². The lowest BCUT2D eigenvalue weighted by atomic mass is 10.1. The largest absolute Gasteiger partial charge is 0.361 e. The Hall–Kier alpha value is -2.88. The second kappa shape index (κ2) is 5.39. The van der Waals surface area contributed by atoms with Crippen LogP contribution >= 0.6 is 0 Å². The first-order chi connectivity index (χ1) is 11.2. The molecule has 0 radical (unpaired) electrons. The molecule has 0 N–H and O–H groups in total. The van der Waals surface area contributed by atoms with Crippen molar-refractivity contribution in [2.45, 2.75) is 13.1 Å². The number of aryl methyl sites for hydroxylation is 1. The first-order valence-corrected chi connectivity index (χ1v) is 7.67. The molecule has 0 fully saturated rings. The molecule has 0 saturated heterocycles. The highest BCUT2D eigenvalue weighted by atomic mass is 15.2. The Morgan fingerprint density at radius 2 is 1.96 bits per heavy atom. The molecule has 0 spiro atoms. The average molecular weight is 302 g/mol. The van der Waals surface area contributed by atoms with E-state index < -0.39 is 0 Å². The summed E-state index contributed by atoms with van der Waals surface area (Å²) in [4.78, 5) is 6.88. The molecule has 0 atom stereocenters. The Kier molecular flexibility index (Phi) is 3.23. The average Bonchev–Trinajstić information content (AvgIpc) is 3.13. The molecule has 3 heterocycles. The smallest absolute Gasteiger partial charge is 0.0605 e. The van der Waals surface area contributed by atoms with Gasteiger partial charge in [0.2, 0.25) is 0 Å². The van der Waals surface area contributed by atoms with E-state index >= 15 is 0 Å². The molecule has 1 aliphatic rings. The number of hydrogen-bond acceptors (Lipinski definition) is 3. The SMILES string of the molecule is C=C1c2ccccc2CN1Cc1ccc(-c2cnn(C)c2)cn1. The predicted octanol–water partition coefficient (Wildman–Crippen LogP) is 3.47. The highest BCUT2D eigenvalue weighted by Crippen LogP contribution is 2.32. The summed E-state index contributed by atoms with van der Waals surface area (Å²) in [6.07, 6.45) is 5.77. The quantitative estimate of drug-likeness (QED) is 0.743. The number of aromatic nitrogens is 3. The number of benzene rings is 1. The molecule has 4 nitrogen and oxygen atoms in total. The van der Waals surface area contributed by atoms with Crippen LogP contribution in [0.15, 0.2) is 61.6 Å². The zero-order valence-corrected chi connectivity index (χ0v) is 13.1. The van der Waals surface area contributed by atoms with Gasteiger partial charge in [-0.05, 0) is 11.6 Å². The summed E-state index contributed by atoms with van der Waals surface area (Å²) in [6.45, 7) is 5.91. The molecule has 2 aromatic heterocycles. The van der Waals surface area contributed by atoms with Crippen molar-refractivity contribution in [1.29, 1.82) is 0 Å². The van der Waals surface area contributed by atoms with Crippen molar-refractivity contribution in [3.05, 3.63) is 78.4 Å². The molecular formula is C19H18N4. The number of nitrogens with zero attached hydrogens (tertiary/aromatic N) is 4.